The highest BCUT2D eigenvalue weighted by Crippen LogP contribution is 2.24. The van der Waals surface area contributed by atoms with Gasteiger partial charge in [0.25, 0.3) is 5.91 Å². The summed E-state index contributed by atoms with van der Waals surface area (Å²) in [5.74, 6) is -1.11. The molecule has 1 amide bonds. The zero-order valence-electron chi connectivity index (χ0n) is 14.0. The van der Waals surface area contributed by atoms with E-state index in [4.69, 9.17) is 5.21 Å². The number of carbonyl (C=O) groups is 1. The summed E-state index contributed by atoms with van der Waals surface area (Å²) in [7, 11) is 0. The largest absolute Gasteiger partial charge is 0.312 e. The van der Waals surface area contributed by atoms with E-state index in [2.05, 4.69) is 35.0 Å². The Bertz CT molecular complexity index is 936. The van der Waals surface area contributed by atoms with Crippen LogP contribution in [0.5, 0.6) is 0 Å². The maximum absolute atomic E-state index is 14.0. The average molecular weight is 370 g/mol. The van der Waals surface area contributed by atoms with Crippen LogP contribution >= 0.6 is 11.3 Å². The Morgan fingerprint density at radius 2 is 2.12 bits per heavy atom. The van der Waals surface area contributed by atoms with Crippen LogP contribution < -0.4 is 10.8 Å². The maximum atomic E-state index is 14.0. The lowest BCUT2D eigenvalue weighted by Gasteiger charge is -2.07. The molecule has 1 aromatic heterocycles. The van der Waals surface area contributed by atoms with Gasteiger partial charge in [-0.25, -0.2) is 9.87 Å². The summed E-state index contributed by atoms with van der Waals surface area (Å²) in [6.07, 6.45) is 3.30. The number of hydrogen-bond acceptors (Lipinski definition) is 4. The van der Waals surface area contributed by atoms with Gasteiger partial charge in [0.05, 0.1) is 0 Å². The number of hydrogen-bond donors (Lipinski definition) is 3. The summed E-state index contributed by atoms with van der Waals surface area (Å²) in [6, 6.07) is 13.3. The van der Waals surface area contributed by atoms with Crippen molar-refractivity contribution in [1.82, 2.24) is 10.8 Å². The second-order valence-electron chi connectivity index (χ2n) is 5.85. The number of carbonyl (C=O) groups excluding carboxylic acids is 1. The molecule has 0 bridgehead atoms. The quantitative estimate of drug-likeness (QED) is 0.256. The van der Waals surface area contributed by atoms with Gasteiger partial charge in [0, 0.05) is 22.9 Å². The molecule has 0 radical (unpaired) electrons. The number of nitrogens with one attached hydrogen (secondary N) is 2. The first-order chi connectivity index (χ1) is 12.7. The van der Waals surface area contributed by atoms with E-state index in [0.29, 0.717) is 12.1 Å². The second-order valence-corrected chi connectivity index (χ2v) is 6.76. The van der Waals surface area contributed by atoms with Crippen molar-refractivity contribution < 1.29 is 14.4 Å². The number of thiophene rings is 1. The summed E-state index contributed by atoms with van der Waals surface area (Å²) < 4.78 is 15.4. The monoisotopic (exact) mass is 370 g/mol. The van der Waals surface area contributed by atoms with E-state index >= 15 is 0 Å². The summed E-state index contributed by atoms with van der Waals surface area (Å²) in [5, 5.41) is 15.1. The lowest BCUT2D eigenvalue weighted by atomic mass is 10.1. The smallest absolute Gasteiger partial charge is 0.267 e. The first-order valence-electron chi connectivity index (χ1n) is 8.24. The van der Waals surface area contributed by atoms with Crippen LogP contribution in [0.4, 0.5) is 4.39 Å². The summed E-state index contributed by atoms with van der Waals surface area (Å²) >= 11 is 1.75. The van der Waals surface area contributed by atoms with Crippen molar-refractivity contribution in [3.05, 3.63) is 76.4 Å². The van der Waals surface area contributed by atoms with Gasteiger partial charge in [-0.3, -0.25) is 10.0 Å². The molecule has 0 saturated heterocycles. The molecule has 0 aliphatic carbocycles. The standard InChI is InChI=1S/C20H19FN2O2S/c21-18-12-14(4-5-15(18)6-7-19(24)23-25)13-22-10-8-16-2-1-3-17-9-11-26-20(16)17/h1-7,9,11-12,22,25H,8,10,13H2,(H,23,24)/b7-6+. The fraction of sp³-hybridized carbons (Fsp3) is 0.150. The minimum absolute atomic E-state index is 0.293. The molecule has 0 aliphatic heterocycles. The lowest BCUT2D eigenvalue weighted by molar-refractivity contribution is -0.124. The van der Waals surface area contributed by atoms with Crippen LogP contribution in [0.25, 0.3) is 16.2 Å². The molecule has 4 nitrogen and oxygen atoms in total. The molecule has 6 heteroatoms. The van der Waals surface area contributed by atoms with E-state index in [1.807, 2.05) is 6.07 Å². The highest BCUT2D eigenvalue weighted by Gasteiger charge is 2.04. The summed E-state index contributed by atoms with van der Waals surface area (Å²) in [6.45, 7) is 1.37. The van der Waals surface area contributed by atoms with Crippen LogP contribution in [0.15, 0.2) is 53.9 Å². The first kappa shape index (κ1) is 18.3. The van der Waals surface area contributed by atoms with Crippen LogP contribution in [0.2, 0.25) is 0 Å². The van der Waals surface area contributed by atoms with E-state index in [0.717, 1.165) is 24.6 Å². The summed E-state index contributed by atoms with van der Waals surface area (Å²) in [5.41, 5.74) is 3.91. The third kappa shape index (κ3) is 4.54. The van der Waals surface area contributed by atoms with Gasteiger partial charge in [-0.15, -0.1) is 11.3 Å². The van der Waals surface area contributed by atoms with Gasteiger partial charge < -0.3 is 5.32 Å². The Hall–Kier alpha value is -2.54. The number of halogens is 1. The van der Waals surface area contributed by atoms with Crippen molar-refractivity contribution in [1.29, 1.82) is 0 Å². The van der Waals surface area contributed by atoms with Crippen molar-refractivity contribution in [3.63, 3.8) is 0 Å². The normalized spacial score (nSPS) is 11.3. The van der Waals surface area contributed by atoms with Gasteiger partial charge >= 0.3 is 0 Å². The fourth-order valence-electron chi connectivity index (χ4n) is 2.73. The van der Waals surface area contributed by atoms with Crippen molar-refractivity contribution in [3.8, 4) is 0 Å². The molecule has 3 aromatic rings. The van der Waals surface area contributed by atoms with Crippen molar-refractivity contribution in [2.75, 3.05) is 6.54 Å². The van der Waals surface area contributed by atoms with Gasteiger partial charge in [-0.2, -0.15) is 0 Å². The zero-order valence-corrected chi connectivity index (χ0v) is 14.9. The topological polar surface area (TPSA) is 61.4 Å². The predicted octanol–water partition coefficient (Wildman–Crippen LogP) is 3.89. The van der Waals surface area contributed by atoms with Gasteiger partial charge in [0.2, 0.25) is 0 Å². The van der Waals surface area contributed by atoms with Crippen LogP contribution in [-0.2, 0) is 17.8 Å². The highest BCUT2D eigenvalue weighted by molar-refractivity contribution is 7.17. The van der Waals surface area contributed by atoms with Gasteiger partial charge in [0.15, 0.2) is 0 Å². The third-order valence-corrected chi connectivity index (χ3v) is 5.06. The molecule has 134 valence electrons. The SMILES string of the molecule is O=C(/C=C/c1ccc(CNCCc2cccc3ccsc23)cc1F)NO. The Morgan fingerprint density at radius 1 is 1.23 bits per heavy atom. The average Bonchev–Trinajstić information content (AvgIpc) is 3.13. The highest BCUT2D eigenvalue weighted by atomic mass is 32.1. The van der Waals surface area contributed by atoms with Gasteiger partial charge in [-0.1, -0.05) is 30.3 Å². The molecule has 0 saturated carbocycles. The van der Waals surface area contributed by atoms with E-state index in [1.165, 1.54) is 33.3 Å². The Morgan fingerprint density at radius 3 is 2.92 bits per heavy atom. The molecule has 26 heavy (non-hydrogen) atoms. The molecular formula is C20H19FN2O2S. The Kier molecular flexibility index (Phi) is 6.12. The second kappa shape index (κ2) is 8.71. The van der Waals surface area contributed by atoms with Gasteiger partial charge in [0.1, 0.15) is 5.82 Å². The van der Waals surface area contributed by atoms with Crippen LogP contribution in [0, 0.1) is 5.82 Å². The number of amides is 1. The van der Waals surface area contributed by atoms with Crippen molar-refractivity contribution >= 4 is 33.4 Å². The minimum Gasteiger partial charge on any atom is -0.312 e. The van der Waals surface area contributed by atoms with E-state index in [9.17, 15) is 9.18 Å². The maximum Gasteiger partial charge on any atom is 0.267 e. The summed E-state index contributed by atoms with van der Waals surface area (Å²) in [4.78, 5) is 10.9. The zero-order chi connectivity index (χ0) is 18.4. The van der Waals surface area contributed by atoms with Crippen LogP contribution in [0.1, 0.15) is 16.7 Å². The fourth-order valence-corrected chi connectivity index (χ4v) is 3.67. The number of benzene rings is 2. The molecule has 3 rings (SSSR count). The van der Waals surface area contributed by atoms with Gasteiger partial charge in [-0.05, 0) is 53.1 Å². The molecule has 0 spiro atoms. The predicted molar refractivity (Wildman–Crippen MR) is 103 cm³/mol. The molecule has 0 fully saturated rings. The molecule has 0 unspecified atom stereocenters. The van der Waals surface area contributed by atoms with E-state index in [-0.39, 0.29) is 0 Å². The van der Waals surface area contributed by atoms with E-state index < -0.39 is 11.7 Å². The molecule has 3 N–H and O–H groups in total. The van der Waals surface area contributed by atoms with Crippen molar-refractivity contribution in [2.24, 2.45) is 0 Å². The molecule has 1 heterocycles. The number of hydroxylamine groups is 1. The van der Waals surface area contributed by atoms with Crippen molar-refractivity contribution in [2.45, 2.75) is 13.0 Å². The van der Waals surface area contributed by atoms with Crippen LogP contribution in [0.3, 0.4) is 0 Å². The van der Waals surface area contributed by atoms with E-state index in [1.54, 1.807) is 17.4 Å². The molecule has 0 atom stereocenters. The Balaban J connectivity index is 1.53. The Labute approximate surface area is 154 Å². The number of fused-ring (bicyclic) bond motifs is 1. The lowest BCUT2D eigenvalue weighted by Crippen LogP contribution is -2.17. The number of rotatable bonds is 7. The first-order valence-corrected chi connectivity index (χ1v) is 9.12. The molecule has 2 aromatic carbocycles. The minimum atomic E-state index is -0.698. The molecule has 0 aliphatic rings. The van der Waals surface area contributed by atoms with Crippen LogP contribution in [-0.4, -0.2) is 17.7 Å². The third-order valence-electron chi connectivity index (χ3n) is 4.05. The molecular weight excluding hydrogens is 351 g/mol.